The number of aliphatic carboxylic acids is 1. The topological polar surface area (TPSA) is 78.9 Å². The second-order valence-electron chi connectivity index (χ2n) is 7.97. The van der Waals surface area contributed by atoms with Crippen LogP contribution in [0.4, 0.5) is 4.79 Å². The third-order valence-electron chi connectivity index (χ3n) is 5.98. The van der Waals surface area contributed by atoms with Crippen LogP contribution < -0.4 is 5.32 Å². The molecule has 2 N–H and O–H groups in total. The number of hydrogen-bond donors (Lipinski definition) is 2. The first-order valence-electron chi connectivity index (χ1n) is 9.68. The van der Waals surface area contributed by atoms with Crippen molar-refractivity contribution in [3.63, 3.8) is 0 Å². The van der Waals surface area contributed by atoms with E-state index in [2.05, 4.69) is 29.6 Å². The van der Waals surface area contributed by atoms with Gasteiger partial charge in [-0.15, -0.1) is 0 Å². The average Bonchev–Trinajstić information content (AvgIpc) is 3.43. The summed E-state index contributed by atoms with van der Waals surface area (Å²) in [5.41, 5.74) is 3.67. The summed E-state index contributed by atoms with van der Waals surface area (Å²) in [4.78, 5) is 25.6. The van der Waals surface area contributed by atoms with Gasteiger partial charge >= 0.3 is 12.1 Å². The number of hydrogen-bond acceptors (Lipinski definition) is 4. The summed E-state index contributed by atoms with van der Waals surface area (Å²) in [6.45, 7) is 0.546. The summed E-state index contributed by atoms with van der Waals surface area (Å²) < 4.78 is 5.60. The van der Waals surface area contributed by atoms with Crippen LogP contribution in [0.25, 0.3) is 11.1 Å². The van der Waals surface area contributed by atoms with E-state index in [1.54, 1.807) is 0 Å². The van der Waals surface area contributed by atoms with Crippen LogP contribution in [0.15, 0.2) is 48.5 Å². The number of rotatable bonds is 5. The molecule has 1 amide bonds. The fraction of sp³-hybridized carbons (Fsp3) is 0.364. The number of likely N-dealkylation sites (tertiary alicyclic amines) is 1. The highest BCUT2D eigenvalue weighted by atomic mass is 16.6. The molecule has 5 rings (SSSR count). The van der Waals surface area contributed by atoms with E-state index < -0.39 is 17.6 Å². The van der Waals surface area contributed by atoms with Crippen molar-refractivity contribution in [3.05, 3.63) is 59.7 Å². The van der Waals surface area contributed by atoms with Crippen LogP contribution in [0.3, 0.4) is 0 Å². The van der Waals surface area contributed by atoms with Gasteiger partial charge in [0.2, 0.25) is 0 Å². The van der Waals surface area contributed by atoms with Crippen LogP contribution in [0, 0.1) is 0 Å². The second kappa shape index (κ2) is 6.34. The van der Waals surface area contributed by atoms with Crippen LogP contribution in [0.2, 0.25) is 0 Å². The van der Waals surface area contributed by atoms with Crippen molar-refractivity contribution in [1.29, 1.82) is 0 Å². The summed E-state index contributed by atoms with van der Waals surface area (Å²) in [6.07, 6.45) is 1.55. The molecular formula is C22H22N2O4. The predicted octanol–water partition coefficient (Wildman–Crippen LogP) is 2.83. The van der Waals surface area contributed by atoms with E-state index in [0.717, 1.165) is 24.0 Å². The minimum atomic E-state index is -1.02. The van der Waals surface area contributed by atoms with Crippen LogP contribution >= 0.6 is 0 Å². The average molecular weight is 378 g/mol. The SMILES string of the molecule is O=C(OCC1c2ccccc2-c2ccccc21)N1CC(NC2CC2)(C(=O)O)C1. The Morgan fingerprint density at radius 3 is 2.14 bits per heavy atom. The van der Waals surface area contributed by atoms with Gasteiger partial charge in [0.15, 0.2) is 5.54 Å². The van der Waals surface area contributed by atoms with Crippen LogP contribution in [-0.2, 0) is 9.53 Å². The number of fused-ring (bicyclic) bond motifs is 3. The summed E-state index contributed by atoms with van der Waals surface area (Å²) in [7, 11) is 0. The van der Waals surface area contributed by atoms with Crippen molar-refractivity contribution in [2.75, 3.05) is 19.7 Å². The molecule has 0 aromatic heterocycles. The number of carboxylic acid groups (broad SMARTS) is 1. The van der Waals surface area contributed by atoms with Gasteiger partial charge in [-0.1, -0.05) is 48.5 Å². The molecule has 2 fully saturated rings. The minimum Gasteiger partial charge on any atom is -0.480 e. The lowest BCUT2D eigenvalue weighted by molar-refractivity contribution is -0.151. The Balaban J connectivity index is 1.26. The summed E-state index contributed by atoms with van der Waals surface area (Å²) >= 11 is 0. The highest BCUT2D eigenvalue weighted by Crippen LogP contribution is 2.44. The lowest BCUT2D eigenvalue weighted by atomic mass is 9.90. The van der Waals surface area contributed by atoms with Gasteiger partial charge in [-0.25, -0.2) is 4.79 Å². The smallest absolute Gasteiger partial charge is 0.409 e. The molecule has 3 aliphatic rings. The van der Waals surface area contributed by atoms with Gasteiger partial charge in [-0.05, 0) is 35.1 Å². The Labute approximate surface area is 163 Å². The number of nitrogens with zero attached hydrogens (tertiary/aromatic N) is 1. The van der Waals surface area contributed by atoms with Crippen LogP contribution in [0.5, 0.6) is 0 Å². The van der Waals surface area contributed by atoms with E-state index >= 15 is 0 Å². The van der Waals surface area contributed by atoms with Gasteiger partial charge in [0.1, 0.15) is 6.61 Å². The molecule has 0 atom stereocenters. The maximum atomic E-state index is 12.5. The first kappa shape index (κ1) is 17.3. The molecule has 6 heteroatoms. The Morgan fingerprint density at radius 2 is 1.61 bits per heavy atom. The van der Waals surface area contributed by atoms with Crippen LogP contribution in [-0.4, -0.2) is 53.3 Å². The van der Waals surface area contributed by atoms with E-state index in [-0.39, 0.29) is 31.7 Å². The third kappa shape index (κ3) is 2.76. The molecule has 0 bridgehead atoms. The maximum Gasteiger partial charge on any atom is 0.409 e. The van der Waals surface area contributed by atoms with E-state index in [4.69, 9.17) is 4.74 Å². The Hall–Kier alpha value is -2.86. The monoisotopic (exact) mass is 378 g/mol. The van der Waals surface area contributed by atoms with Crippen molar-refractivity contribution in [2.45, 2.75) is 30.3 Å². The summed E-state index contributed by atoms with van der Waals surface area (Å²) in [5, 5.41) is 12.7. The first-order chi connectivity index (χ1) is 13.6. The fourth-order valence-corrected chi connectivity index (χ4v) is 4.33. The zero-order chi connectivity index (χ0) is 19.3. The van der Waals surface area contributed by atoms with Gasteiger partial charge in [0, 0.05) is 12.0 Å². The standard InChI is InChI=1S/C22H22N2O4/c25-20(26)22(23-14-9-10-14)12-24(13-22)21(27)28-11-19-17-7-3-1-5-15(17)16-6-2-4-8-18(16)19/h1-8,14,19,23H,9-13H2,(H,25,26). The zero-order valence-electron chi connectivity index (χ0n) is 15.4. The van der Waals surface area contributed by atoms with Gasteiger partial charge in [0.05, 0.1) is 13.1 Å². The number of benzene rings is 2. The maximum absolute atomic E-state index is 12.5. The van der Waals surface area contributed by atoms with Gasteiger partial charge in [-0.2, -0.15) is 0 Å². The molecule has 1 heterocycles. The van der Waals surface area contributed by atoms with E-state index in [9.17, 15) is 14.7 Å². The van der Waals surface area contributed by atoms with Gasteiger partial charge in [0.25, 0.3) is 0 Å². The minimum absolute atomic E-state index is 0.00597. The Kier molecular flexibility index (Phi) is 3.91. The van der Waals surface area contributed by atoms with Crippen molar-refractivity contribution in [3.8, 4) is 11.1 Å². The summed E-state index contributed by atoms with van der Waals surface area (Å²) in [5.74, 6) is -0.895. The largest absolute Gasteiger partial charge is 0.480 e. The third-order valence-corrected chi connectivity index (χ3v) is 5.98. The quantitative estimate of drug-likeness (QED) is 0.836. The van der Waals surface area contributed by atoms with Crippen molar-refractivity contribution in [1.82, 2.24) is 10.2 Å². The van der Waals surface area contributed by atoms with E-state index in [1.807, 2.05) is 24.3 Å². The Morgan fingerprint density at radius 1 is 1.04 bits per heavy atom. The second-order valence-corrected chi connectivity index (χ2v) is 7.97. The molecule has 2 aromatic carbocycles. The number of carboxylic acids is 1. The molecule has 1 aliphatic heterocycles. The van der Waals surface area contributed by atoms with Gasteiger partial charge in [-0.3, -0.25) is 10.1 Å². The molecular weight excluding hydrogens is 356 g/mol. The molecule has 0 spiro atoms. The molecule has 0 radical (unpaired) electrons. The molecule has 6 nitrogen and oxygen atoms in total. The number of nitrogens with one attached hydrogen (secondary N) is 1. The molecule has 28 heavy (non-hydrogen) atoms. The van der Waals surface area contributed by atoms with Crippen molar-refractivity contribution in [2.24, 2.45) is 0 Å². The summed E-state index contributed by atoms with van der Waals surface area (Å²) in [6, 6.07) is 16.6. The zero-order valence-corrected chi connectivity index (χ0v) is 15.4. The van der Waals surface area contributed by atoms with E-state index in [0.29, 0.717) is 0 Å². The number of ether oxygens (including phenoxy) is 1. The fourth-order valence-electron chi connectivity index (χ4n) is 4.33. The highest BCUT2D eigenvalue weighted by molar-refractivity contribution is 5.84. The lowest BCUT2D eigenvalue weighted by Gasteiger charge is -2.46. The highest BCUT2D eigenvalue weighted by Gasteiger charge is 2.54. The molecule has 2 aromatic rings. The normalized spacial score (nSPS) is 19.5. The molecule has 1 saturated heterocycles. The van der Waals surface area contributed by atoms with Crippen LogP contribution in [0.1, 0.15) is 29.9 Å². The number of carbonyl (C=O) groups is 2. The molecule has 0 unspecified atom stereocenters. The lowest BCUT2D eigenvalue weighted by Crippen LogP contribution is -2.74. The molecule has 2 aliphatic carbocycles. The van der Waals surface area contributed by atoms with Crippen molar-refractivity contribution < 1.29 is 19.4 Å². The predicted molar refractivity (Wildman–Crippen MR) is 103 cm³/mol. The molecule has 1 saturated carbocycles. The Bertz CT molecular complexity index is 902. The van der Waals surface area contributed by atoms with E-state index in [1.165, 1.54) is 16.0 Å². The molecule has 144 valence electrons. The first-order valence-corrected chi connectivity index (χ1v) is 9.68. The van der Waals surface area contributed by atoms with Gasteiger partial charge < -0.3 is 14.7 Å². The number of amides is 1. The number of carbonyl (C=O) groups excluding carboxylic acids is 1. The van der Waals surface area contributed by atoms with Crippen molar-refractivity contribution >= 4 is 12.1 Å².